The Morgan fingerprint density at radius 3 is 2.68 bits per heavy atom. The lowest BCUT2D eigenvalue weighted by atomic mass is 10.0. The number of fused-ring (bicyclic) bond motifs is 1. The molecule has 1 aromatic heterocycles. The SMILES string of the molecule is CCCCCCOC(=O)c1c(C)oc2cc(C(C)C)ccc12. The van der Waals surface area contributed by atoms with E-state index >= 15 is 0 Å². The van der Waals surface area contributed by atoms with Crippen molar-refractivity contribution in [2.45, 2.75) is 59.3 Å². The van der Waals surface area contributed by atoms with E-state index in [0.29, 0.717) is 23.8 Å². The number of aryl methyl sites for hydroxylation is 1. The molecule has 0 saturated carbocycles. The summed E-state index contributed by atoms with van der Waals surface area (Å²) in [6, 6.07) is 6.04. The lowest BCUT2D eigenvalue weighted by Gasteiger charge is -2.05. The van der Waals surface area contributed by atoms with Gasteiger partial charge < -0.3 is 9.15 Å². The van der Waals surface area contributed by atoms with Gasteiger partial charge in [-0.25, -0.2) is 4.79 Å². The molecule has 0 aliphatic rings. The lowest BCUT2D eigenvalue weighted by Crippen LogP contribution is -2.07. The quantitative estimate of drug-likeness (QED) is 0.493. The second-order valence-corrected chi connectivity index (χ2v) is 6.14. The fourth-order valence-electron chi connectivity index (χ4n) is 2.61. The predicted molar refractivity (Wildman–Crippen MR) is 89.5 cm³/mol. The molecule has 0 atom stereocenters. The van der Waals surface area contributed by atoms with Crippen LogP contribution in [0, 0.1) is 6.92 Å². The third-order valence-corrected chi connectivity index (χ3v) is 3.99. The van der Waals surface area contributed by atoms with Gasteiger partial charge in [-0.3, -0.25) is 0 Å². The highest BCUT2D eigenvalue weighted by molar-refractivity contribution is 6.04. The summed E-state index contributed by atoms with van der Waals surface area (Å²) in [6.07, 6.45) is 4.39. The summed E-state index contributed by atoms with van der Waals surface area (Å²) in [5.74, 6) is 0.795. The van der Waals surface area contributed by atoms with Crippen LogP contribution in [0.4, 0.5) is 0 Å². The maximum absolute atomic E-state index is 12.3. The van der Waals surface area contributed by atoms with E-state index in [2.05, 4.69) is 26.8 Å². The third-order valence-electron chi connectivity index (χ3n) is 3.99. The summed E-state index contributed by atoms with van der Waals surface area (Å²) < 4.78 is 11.2. The van der Waals surface area contributed by atoms with Crippen LogP contribution in [0.3, 0.4) is 0 Å². The highest BCUT2D eigenvalue weighted by atomic mass is 16.5. The molecule has 1 aromatic carbocycles. The molecule has 120 valence electrons. The molecule has 0 N–H and O–H groups in total. The van der Waals surface area contributed by atoms with Crippen LogP contribution in [0.5, 0.6) is 0 Å². The molecule has 0 bridgehead atoms. The largest absolute Gasteiger partial charge is 0.462 e. The first kappa shape index (κ1) is 16.6. The average molecular weight is 302 g/mol. The lowest BCUT2D eigenvalue weighted by molar-refractivity contribution is 0.0498. The number of unbranched alkanes of at least 4 members (excludes halogenated alkanes) is 3. The number of hydrogen-bond donors (Lipinski definition) is 0. The maximum Gasteiger partial charge on any atom is 0.342 e. The van der Waals surface area contributed by atoms with Crippen LogP contribution in [0.25, 0.3) is 11.0 Å². The summed E-state index contributed by atoms with van der Waals surface area (Å²) in [5, 5.41) is 0.848. The van der Waals surface area contributed by atoms with E-state index in [1.165, 1.54) is 18.4 Å². The Morgan fingerprint density at radius 1 is 1.23 bits per heavy atom. The average Bonchev–Trinajstić information content (AvgIpc) is 2.81. The van der Waals surface area contributed by atoms with E-state index in [1.807, 2.05) is 19.1 Å². The topological polar surface area (TPSA) is 39.4 Å². The molecular weight excluding hydrogens is 276 g/mol. The van der Waals surface area contributed by atoms with Gasteiger partial charge in [-0.05, 0) is 37.0 Å². The molecule has 0 spiro atoms. The van der Waals surface area contributed by atoms with Crippen molar-refractivity contribution in [3.63, 3.8) is 0 Å². The number of rotatable bonds is 7. The zero-order chi connectivity index (χ0) is 16.1. The molecule has 2 rings (SSSR count). The second kappa shape index (κ2) is 7.48. The molecule has 0 amide bonds. The molecule has 0 saturated heterocycles. The van der Waals surface area contributed by atoms with Crippen LogP contribution >= 0.6 is 0 Å². The first-order valence-corrected chi connectivity index (χ1v) is 8.24. The molecule has 0 fully saturated rings. The van der Waals surface area contributed by atoms with E-state index < -0.39 is 0 Å². The van der Waals surface area contributed by atoms with Gasteiger partial charge in [0.05, 0.1) is 6.61 Å². The molecule has 2 aromatic rings. The number of furan rings is 1. The third kappa shape index (κ3) is 3.70. The summed E-state index contributed by atoms with van der Waals surface area (Å²) in [6.45, 7) is 8.75. The Hall–Kier alpha value is -1.77. The number of carbonyl (C=O) groups excluding carboxylic acids is 1. The molecule has 0 aliphatic heterocycles. The standard InChI is InChI=1S/C19H26O3/c1-5-6-7-8-11-21-19(20)18-14(4)22-17-12-15(13(2)3)9-10-16(17)18/h9-10,12-13H,5-8,11H2,1-4H3. The van der Waals surface area contributed by atoms with Gasteiger partial charge in [-0.2, -0.15) is 0 Å². The van der Waals surface area contributed by atoms with Gasteiger partial charge in [0, 0.05) is 5.39 Å². The normalized spacial score (nSPS) is 11.3. The minimum absolute atomic E-state index is 0.273. The number of benzene rings is 1. The van der Waals surface area contributed by atoms with Gasteiger partial charge in [-0.15, -0.1) is 0 Å². The summed E-state index contributed by atoms with van der Waals surface area (Å²) in [4.78, 5) is 12.3. The van der Waals surface area contributed by atoms with E-state index in [1.54, 1.807) is 0 Å². The van der Waals surface area contributed by atoms with Gasteiger partial charge in [0.1, 0.15) is 16.9 Å². The Bertz CT molecular complexity index is 637. The van der Waals surface area contributed by atoms with Gasteiger partial charge in [0.15, 0.2) is 0 Å². The molecule has 0 aliphatic carbocycles. The van der Waals surface area contributed by atoms with Crippen LogP contribution in [-0.4, -0.2) is 12.6 Å². The summed E-state index contributed by atoms with van der Waals surface area (Å²) >= 11 is 0. The van der Waals surface area contributed by atoms with Crippen molar-refractivity contribution in [2.75, 3.05) is 6.61 Å². The van der Waals surface area contributed by atoms with Crippen LogP contribution in [-0.2, 0) is 4.74 Å². The van der Waals surface area contributed by atoms with Crippen molar-refractivity contribution >= 4 is 16.9 Å². The smallest absolute Gasteiger partial charge is 0.342 e. The first-order valence-electron chi connectivity index (χ1n) is 8.24. The van der Waals surface area contributed by atoms with Gasteiger partial charge in [-0.1, -0.05) is 46.1 Å². The zero-order valence-electron chi connectivity index (χ0n) is 14.1. The van der Waals surface area contributed by atoms with E-state index in [4.69, 9.17) is 9.15 Å². The van der Waals surface area contributed by atoms with E-state index in [9.17, 15) is 4.79 Å². The summed E-state index contributed by atoms with van der Waals surface area (Å²) in [7, 11) is 0. The van der Waals surface area contributed by atoms with Crippen molar-refractivity contribution in [1.29, 1.82) is 0 Å². The summed E-state index contributed by atoms with van der Waals surface area (Å²) in [5.41, 5.74) is 2.54. The van der Waals surface area contributed by atoms with E-state index in [-0.39, 0.29) is 5.97 Å². The maximum atomic E-state index is 12.3. The molecule has 3 nitrogen and oxygen atoms in total. The minimum atomic E-state index is -0.273. The van der Waals surface area contributed by atoms with Crippen LogP contribution < -0.4 is 0 Å². The van der Waals surface area contributed by atoms with Crippen LogP contribution in [0.1, 0.15) is 74.1 Å². The van der Waals surface area contributed by atoms with Gasteiger partial charge in [0.2, 0.25) is 0 Å². The Morgan fingerprint density at radius 2 is 2.00 bits per heavy atom. The predicted octanol–water partition coefficient (Wildman–Crippen LogP) is 5.60. The Labute approximate surface area is 132 Å². The molecular formula is C19H26O3. The zero-order valence-corrected chi connectivity index (χ0v) is 14.1. The van der Waals surface area contributed by atoms with Crippen molar-refractivity contribution in [3.8, 4) is 0 Å². The molecule has 1 heterocycles. The fraction of sp³-hybridized carbons (Fsp3) is 0.526. The van der Waals surface area contributed by atoms with Gasteiger partial charge >= 0.3 is 5.97 Å². The Kier molecular flexibility index (Phi) is 5.64. The molecule has 0 unspecified atom stereocenters. The highest BCUT2D eigenvalue weighted by Gasteiger charge is 2.20. The van der Waals surface area contributed by atoms with Crippen molar-refractivity contribution < 1.29 is 13.9 Å². The molecule has 0 radical (unpaired) electrons. The van der Waals surface area contributed by atoms with Crippen LogP contribution in [0.15, 0.2) is 22.6 Å². The van der Waals surface area contributed by atoms with Gasteiger partial charge in [0.25, 0.3) is 0 Å². The van der Waals surface area contributed by atoms with Crippen molar-refractivity contribution in [2.24, 2.45) is 0 Å². The second-order valence-electron chi connectivity index (χ2n) is 6.14. The van der Waals surface area contributed by atoms with Crippen molar-refractivity contribution in [1.82, 2.24) is 0 Å². The van der Waals surface area contributed by atoms with Crippen LogP contribution in [0.2, 0.25) is 0 Å². The minimum Gasteiger partial charge on any atom is -0.462 e. The molecule has 3 heteroatoms. The van der Waals surface area contributed by atoms with E-state index in [0.717, 1.165) is 23.8 Å². The molecule has 22 heavy (non-hydrogen) atoms. The Balaban J connectivity index is 2.13. The number of hydrogen-bond acceptors (Lipinski definition) is 3. The first-order chi connectivity index (χ1) is 10.5. The number of esters is 1. The number of ether oxygens (including phenoxy) is 1. The fourth-order valence-corrected chi connectivity index (χ4v) is 2.61. The monoisotopic (exact) mass is 302 g/mol. The number of carbonyl (C=O) groups is 1. The van der Waals surface area contributed by atoms with Crippen molar-refractivity contribution in [3.05, 3.63) is 35.1 Å². The highest BCUT2D eigenvalue weighted by Crippen LogP contribution is 2.29.